The number of thiocarbonyl (C=S) groups is 1. The molecule has 0 radical (unpaired) electrons. The van der Waals surface area contributed by atoms with Gasteiger partial charge in [0.05, 0.1) is 19.9 Å². The Hall–Kier alpha value is -2.02. The molecule has 11 heteroatoms. The van der Waals surface area contributed by atoms with Crippen molar-refractivity contribution < 1.29 is 34.6 Å². The molecular weight excluding hydrogens is 366 g/mol. The lowest BCUT2D eigenvalue weighted by Gasteiger charge is -2.39. The monoisotopic (exact) mass is 387 g/mol. The van der Waals surface area contributed by atoms with Gasteiger partial charge in [-0.05, 0) is 36.0 Å². The number of rotatable bonds is 6. The van der Waals surface area contributed by atoms with E-state index in [1.165, 1.54) is 13.3 Å². The third-order valence-corrected chi connectivity index (χ3v) is 3.76. The van der Waals surface area contributed by atoms with Crippen LogP contribution in [0.3, 0.4) is 0 Å². The second-order valence-corrected chi connectivity index (χ2v) is 5.90. The number of hydrazone groups is 1. The number of aliphatic hydroxyl groups excluding tert-OH is 4. The molecule has 0 aliphatic carbocycles. The molecule has 2 rings (SSSR count). The van der Waals surface area contributed by atoms with Crippen LogP contribution in [0.4, 0.5) is 0 Å². The fraction of sp³-hybridized carbons (Fsp3) is 0.467. The molecule has 1 aromatic rings. The maximum Gasteiger partial charge on any atom is 0.229 e. The minimum atomic E-state index is -1.54. The smallest absolute Gasteiger partial charge is 0.229 e. The number of hydrogen-bond acceptors (Lipinski definition) is 9. The largest absolute Gasteiger partial charge is 0.493 e. The molecule has 26 heavy (non-hydrogen) atoms. The fourth-order valence-electron chi connectivity index (χ4n) is 2.33. The molecule has 1 aromatic carbocycles. The van der Waals surface area contributed by atoms with Crippen molar-refractivity contribution in [2.24, 2.45) is 10.8 Å². The molecule has 10 nitrogen and oxygen atoms in total. The van der Waals surface area contributed by atoms with E-state index in [-0.39, 0.29) is 10.9 Å². The van der Waals surface area contributed by atoms with Crippen LogP contribution in [-0.2, 0) is 4.74 Å². The van der Waals surface area contributed by atoms with Crippen molar-refractivity contribution in [1.29, 1.82) is 0 Å². The van der Waals surface area contributed by atoms with E-state index in [1.54, 1.807) is 18.2 Å². The van der Waals surface area contributed by atoms with Gasteiger partial charge in [-0.15, -0.1) is 0 Å². The summed E-state index contributed by atoms with van der Waals surface area (Å²) in [5.74, 6) is 0.525. The molecule has 0 amide bonds. The molecule has 0 bridgehead atoms. The highest BCUT2D eigenvalue weighted by molar-refractivity contribution is 7.80. The molecule has 0 spiro atoms. The molecule has 5 atom stereocenters. The Morgan fingerprint density at radius 3 is 2.65 bits per heavy atom. The number of benzene rings is 1. The average molecular weight is 387 g/mol. The quantitative estimate of drug-likeness (QED) is 0.184. The van der Waals surface area contributed by atoms with Gasteiger partial charge in [0.1, 0.15) is 24.4 Å². The zero-order valence-corrected chi connectivity index (χ0v) is 14.7. The van der Waals surface area contributed by atoms with E-state index in [1.807, 2.05) is 0 Å². The Balaban J connectivity index is 2.20. The molecule has 1 aliphatic heterocycles. The van der Waals surface area contributed by atoms with Gasteiger partial charge in [0.25, 0.3) is 0 Å². The van der Waals surface area contributed by atoms with E-state index < -0.39 is 37.3 Å². The molecular formula is C15H21N3O7S. The van der Waals surface area contributed by atoms with Gasteiger partial charge in [0.15, 0.2) is 16.6 Å². The van der Waals surface area contributed by atoms with E-state index in [4.69, 9.17) is 19.9 Å². The number of nitrogens with one attached hydrogen (secondary N) is 1. The number of nitrogens with two attached hydrogens (primary N) is 1. The van der Waals surface area contributed by atoms with Crippen molar-refractivity contribution in [2.75, 3.05) is 13.7 Å². The molecule has 0 aromatic heterocycles. The maximum absolute atomic E-state index is 10.1. The van der Waals surface area contributed by atoms with Crippen LogP contribution in [0.1, 0.15) is 5.56 Å². The Labute approximate surface area is 154 Å². The van der Waals surface area contributed by atoms with Gasteiger partial charge < -0.3 is 40.4 Å². The number of nitrogens with zero attached hydrogens (tertiary/aromatic N) is 1. The maximum atomic E-state index is 10.1. The third-order valence-electron chi connectivity index (χ3n) is 3.67. The average Bonchev–Trinajstić information content (AvgIpc) is 2.62. The lowest BCUT2D eigenvalue weighted by atomic mass is 9.99. The highest BCUT2D eigenvalue weighted by atomic mass is 32.1. The number of hydrogen-bond donors (Lipinski definition) is 6. The summed E-state index contributed by atoms with van der Waals surface area (Å²) >= 11 is 4.64. The normalized spacial score (nSPS) is 28.7. The minimum Gasteiger partial charge on any atom is -0.493 e. The summed E-state index contributed by atoms with van der Waals surface area (Å²) in [4.78, 5) is 0. The molecule has 5 unspecified atom stereocenters. The topological polar surface area (TPSA) is 159 Å². The third kappa shape index (κ3) is 4.78. The summed E-state index contributed by atoms with van der Waals surface area (Å²) in [6, 6.07) is 4.83. The van der Waals surface area contributed by atoms with Gasteiger partial charge in [-0.1, -0.05) is 0 Å². The highest BCUT2D eigenvalue weighted by Crippen LogP contribution is 2.31. The van der Waals surface area contributed by atoms with Crippen molar-refractivity contribution in [1.82, 2.24) is 5.43 Å². The van der Waals surface area contributed by atoms with Crippen molar-refractivity contribution in [3.8, 4) is 11.5 Å². The van der Waals surface area contributed by atoms with Gasteiger partial charge in [-0.3, -0.25) is 5.43 Å². The molecule has 1 aliphatic rings. The predicted octanol–water partition coefficient (Wildman–Crippen LogP) is -1.96. The summed E-state index contributed by atoms with van der Waals surface area (Å²) in [6.07, 6.45) is -5.53. The summed E-state index contributed by atoms with van der Waals surface area (Å²) in [5, 5.41) is 42.8. The SMILES string of the molecule is COc1ccc(/C=N/NC(N)=S)cc1OC1OC(CO)C(O)C(O)C1O. The van der Waals surface area contributed by atoms with Gasteiger partial charge >= 0.3 is 0 Å². The standard InChI is InChI=1S/C15H21N3O7S/c1-23-8-3-2-7(5-17-18-15(16)26)4-9(8)24-14-13(22)12(21)11(20)10(6-19)25-14/h2-5,10-14,19-22H,6H2,1H3,(H3,16,18,26)/b17-5+. The van der Waals surface area contributed by atoms with Crippen LogP contribution < -0.4 is 20.6 Å². The first-order chi connectivity index (χ1) is 12.4. The summed E-state index contributed by atoms with van der Waals surface area (Å²) in [7, 11) is 1.43. The second-order valence-electron chi connectivity index (χ2n) is 5.46. The van der Waals surface area contributed by atoms with Crippen LogP contribution >= 0.6 is 12.2 Å². The lowest BCUT2D eigenvalue weighted by molar-refractivity contribution is -0.277. The van der Waals surface area contributed by atoms with Gasteiger partial charge in [0, 0.05) is 0 Å². The Kier molecular flexibility index (Phi) is 7.08. The minimum absolute atomic E-state index is 0.00699. The number of aliphatic hydroxyl groups is 4. The van der Waals surface area contributed by atoms with E-state index in [0.29, 0.717) is 11.3 Å². The molecule has 0 saturated carbocycles. The van der Waals surface area contributed by atoms with Crippen LogP contribution in [0.2, 0.25) is 0 Å². The van der Waals surface area contributed by atoms with Crippen LogP contribution in [-0.4, -0.2) is 76.2 Å². The van der Waals surface area contributed by atoms with Crippen molar-refractivity contribution in [3.63, 3.8) is 0 Å². The van der Waals surface area contributed by atoms with Crippen molar-refractivity contribution in [3.05, 3.63) is 23.8 Å². The van der Waals surface area contributed by atoms with Gasteiger partial charge in [-0.2, -0.15) is 5.10 Å². The van der Waals surface area contributed by atoms with Crippen molar-refractivity contribution >= 4 is 23.5 Å². The van der Waals surface area contributed by atoms with Crippen LogP contribution in [0.25, 0.3) is 0 Å². The molecule has 1 heterocycles. The predicted molar refractivity (Wildman–Crippen MR) is 94.9 cm³/mol. The van der Waals surface area contributed by atoms with Crippen LogP contribution in [0.15, 0.2) is 23.3 Å². The zero-order valence-electron chi connectivity index (χ0n) is 13.8. The van der Waals surface area contributed by atoms with Crippen LogP contribution in [0, 0.1) is 0 Å². The Bertz CT molecular complexity index is 658. The molecule has 1 fully saturated rings. The highest BCUT2D eigenvalue weighted by Gasteiger charge is 2.44. The lowest BCUT2D eigenvalue weighted by Crippen LogP contribution is -2.60. The Morgan fingerprint density at radius 2 is 2.04 bits per heavy atom. The first-order valence-electron chi connectivity index (χ1n) is 7.61. The first-order valence-corrected chi connectivity index (χ1v) is 8.02. The molecule has 7 N–H and O–H groups in total. The van der Waals surface area contributed by atoms with E-state index in [9.17, 15) is 20.4 Å². The number of methoxy groups -OCH3 is 1. The van der Waals surface area contributed by atoms with E-state index in [2.05, 4.69) is 22.7 Å². The van der Waals surface area contributed by atoms with E-state index >= 15 is 0 Å². The fourth-order valence-corrected chi connectivity index (χ4v) is 2.38. The summed E-state index contributed by atoms with van der Waals surface area (Å²) in [6.45, 7) is -0.556. The number of ether oxygens (including phenoxy) is 3. The molecule has 1 saturated heterocycles. The Morgan fingerprint density at radius 1 is 1.31 bits per heavy atom. The zero-order chi connectivity index (χ0) is 19.3. The second kappa shape index (κ2) is 9.07. The van der Waals surface area contributed by atoms with Gasteiger partial charge in [0.2, 0.25) is 6.29 Å². The van der Waals surface area contributed by atoms with E-state index in [0.717, 1.165) is 0 Å². The van der Waals surface area contributed by atoms with Crippen molar-refractivity contribution in [2.45, 2.75) is 30.7 Å². The van der Waals surface area contributed by atoms with Gasteiger partial charge in [-0.25, -0.2) is 0 Å². The van der Waals surface area contributed by atoms with Crippen LogP contribution in [0.5, 0.6) is 11.5 Å². The summed E-state index contributed by atoms with van der Waals surface area (Å²) < 4.78 is 16.1. The summed E-state index contributed by atoms with van der Waals surface area (Å²) in [5.41, 5.74) is 8.27. The molecule has 144 valence electrons. The first kappa shape index (κ1) is 20.3.